The normalized spacial score (nSPS) is 10.3. The summed E-state index contributed by atoms with van der Waals surface area (Å²) < 4.78 is 18.6. The number of nitrogen functional groups attached to an aromatic ring is 1. The molecule has 1 aromatic carbocycles. The van der Waals surface area contributed by atoms with Crippen LogP contribution in [0, 0.1) is 12.7 Å². The molecular weight excluding hydrogens is 243 g/mol. The zero-order valence-corrected chi connectivity index (χ0v) is 9.83. The van der Waals surface area contributed by atoms with Gasteiger partial charge in [0, 0.05) is 12.1 Å². The smallest absolute Gasteiger partial charge is 0.219 e. The van der Waals surface area contributed by atoms with E-state index in [-0.39, 0.29) is 5.02 Å². The van der Waals surface area contributed by atoms with Crippen molar-refractivity contribution in [2.45, 2.75) is 6.92 Å². The third-order valence-corrected chi connectivity index (χ3v) is 2.55. The second-order valence-electron chi connectivity index (χ2n) is 3.56. The number of halogens is 2. The predicted molar refractivity (Wildman–Crippen MR) is 64.9 cm³/mol. The first-order valence-corrected chi connectivity index (χ1v) is 5.29. The van der Waals surface area contributed by atoms with E-state index >= 15 is 0 Å². The van der Waals surface area contributed by atoms with Gasteiger partial charge in [-0.2, -0.15) is 0 Å². The number of nitrogens with two attached hydrogens (primary N) is 1. The van der Waals surface area contributed by atoms with Crippen molar-refractivity contribution in [2.75, 3.05) is 5.73 Å². The molecule has 1 aromatic heterocycles. The first kappa shape index (κ1) is 11.7. The molecule has 5 heteroatoms. The predicted octanol–water partition coefficient (Wildman–Crippen LogP) is 3.56. The van der Waals surface area contributed by atoms with Gasteiger partial charge in [-0.05, 0) is 24.6 Å². The van der Waals surface area contributed by atoms with Crippen molar-refractivity contribution in [2.24, 2.45) is 0 Å². The quantitative estimate of drug-likeness (QED) is 0.889. The van der Waals surface area contributed by atoms with Crippen LogP contribution in [0.2, 0.25) is 5.02 Å². The number of pyridine rings is 1. The molecule has 0 aliphatic carbocycles. The number of aromatic nitrogens is 1. The standard InChI is InChI=1S/C12H10ClFN2O/c1-7-4-12(16-6-11(7)15)17-8-2-3-9(13)10(14)5-8/h2-6H,15H2,1H3. The molecule has 17 heavy (non-hydrogen) atoms. The molecule has 0 aliphatic rings. The van der Waals surface area contributed by atoms with Crippen LogP contribution < -0.4 is 10.5 Å². The van der Waals surface area contributed by atoms with Crippen LogP contribution >= 0.6 is 11.6 Å². The maximum Gasteiger partial charge on any atom is 0.219 e. The van der Waals surface area contributed by atoms with Crippen molar-refractivity contribution in [3.05, 3.63) is 46.9 Å². The van der Waals surface area contributed by atoms with Crippen LogP contribution in [-0.2, 0) is 0 Å². The number of benzene rings is 1. The Bertz CT molecular complexity index is 511. The van der Waals surface area contributed by atoms with Crippen molar-refractivity contribution < 1.29 is 9.13 Å². The van der Waals surface area contributed by atoms with Crippen molar-refractivity contribution in [1.29, 1.82) is 0 Å². The number of rotatable bonds is 2. The lowest BCUT2D eigenvalue weighted by Gasteiger charge is -2.07. The number of ether oxygens (including phenoxy) is 1. The Morgan fingerprint density at radius 2 is 2.12 bits per heavy atom. The fourth-order valence-corrected chi connectivity index (χ4v) is 1.38. The lowest BCUT2D eigenvalue weighted by molar-refractivity contribution is 0.458. The number of anilines is 1. The SMILES string of the molecule is Cc1cc(Oc2ccc(Cl)c(F)c2)ncc1N. The molecule has 2 N–H and O–H groups in total. The van der Waals surface area contributed by atoms with Crippen LogP contribution in [0.1, 0.15) is 5.56 Å². The van der Waals surface area contributed by atoms with E-state index in [2.05, 4.69) is 4.98 Å². The number of nitrogens with zero attached hydrogens (tertiary/aromatic N) is 1. The highest BCUT2D eigenvalue weighted by Crippen LogP contribution is 2.25. The van der Waals surface area contributed by atoms with Crippen molar-refractivity contribution in [3.63, 3.8) is 0 Å². The molecule has 0 radical (unpaired) electrons. The van der Waals surface area contributed by atoms with E-state index in [9.17, 15) is 4.39 Å². The summed E-state index contributed by atoms with van der Waals surface area (Å²) in [6.45, 7) is 1.84. The molecular formula is C12H10ClFN2O. The van der Waals surface area contributed by atoms with E-state index in [1.54, 1.807) is 12.1 Å². The highest BCUT2D eigenvalue weighted by atomic mass is 35.5. The van der Waals surface area contributed by atoms with Gasteiger partial charge >= 0.3 is 0 Å². The minimum Gasteiger partial charge on any atom is -0.439 e. The summed E-state index contributed by atoms with van der Waals surface area (Å²) in [7, 11) is 0. The molecule has 0 spiro atoms. The van der Waals surface area contributed by atoms with Gasteiger partial charge in [0.1, 0.15) is 11.6 Å². The van der Waals surface area contributed by atoms with Crippen molar-refractivity contribution in [1.82, 2.24) is 4.98 Å². The highest BCUT2D eigenvalue weighted by molar-refractivity contribution is 6.30. The zero-order valence-electron chi connectivity index (χ0n) is 9.08. The first-order valence-electron chi connectivity index (χ1n) is 4.91. The third kappa shape index (κ3) is 2.65. The molecule has 0 atom stereocenters. The Morgan fingerprint density at radius 3 is 2.76 bits per heavy atom. The van der Waals surface area contributed by atoms with Gasteiger partial charge in [-0.25, -0.2) is 9.37 Å². The van der Waals surface area contributed by atoms with E-state index in [1.807, 2.05) is 6.92 Å². The van der Waals surface area contributed by atoms with E-state index in [1.165, 1.54) is 18.3 Å². The van der Waals surface area contributed by atoms with Gasteiger partial charge in [-0.15, -0.1) is 0 Å². The Morgan fingerprint density at radius 1 is 1.35 bits per heavy atom. The number of hydrogen-bond donors (Lipinski definition) is 1. The van der Waals surface area contributed by atoms with E-state index in [4.69, 9.17) is 22.1 Å². The molecule has 2 rings (SSSR count). The Labute approximate surface area is 103 Å². The van der Waals surface area contributed by atoms with Gasteiger partial charge < -0.3 is 10.5 Å². The summed E-state index contributed by atoms with van der Waals surface area (Å²) in [5.74, 6) is 0.165. The van der Waals surface area contributed by atoms with Gasteiger partial charge in [0.15, 0.2) is 0 Å². The number of hydrogen-bond acceptors (Lipinski definition) is 3. The molecule has 88 valence electrons. The number of aryl methyl sites for hydroxylation is 1. The summed E-state index contributed by atoms with van der Waals surface area (Å²) in [4.78, 5) is 3.98. The fourth-order valence-electron chi connectivity index (χ4n) is 1.26. The third-order valence-electron chi connectivity index (χ3n) is 2.24. The second kappa shape index (κ2) is 4.59. The van der Waals surface area contributed by atoms with Crippen LogP contribution in [0.25, 0.3) is 0 Å². The zero-order chi connectivity index (χ0) is 12.4. The fraction of sp³-hybridized carbons (Fsp3) is 0.0833. The van der Waals surface area contributed by atoms with Gasteiger partial charge in [0.25, 0.3) is 0 Å². The van der Waals surface area contributed by atoms with Crippen molar-refractivity contribution in [3.8, 4) is 11.6 Å². The summed E-state index contributed by atoms with van der Waals surface area (Å²) in [6, 6.07) is 5.88. The monoisotopic (exact) mass is 252 g/mol. The molecule has 0 saturated heterocycles. The molecule has 2 aromatic rings. The van der Waals surface area contributed by atoms with Crippen LogP contribution in [0.3, 0.4) is 0 Å². The van der Waals surface area contributed by atoms with Crippen LogP contribution in [0.4, 0.5) is 10.1 Å². The molecule has 0 bridgehead atoms. The molecule has 3 nitrogen and oxygen atoms in total. The molecule has 0 amide bonds. The van der Waals surface area contributed by atoms with E-state index in [0.717, 1.165) is 5.56 Å². The van der Waals surface area contributed by atoms with E-state index in [0.29, 0.717) is 17.3 Å². The average Bonchev–Trinajstić information content (AvgIpc) is 2.29. The highest BCUT2D eigenvalue weighted by Gasteiger charge is 2.04. The maximum absolute atomic E-state index is 13.2. The van der Waals surface area contributed by atoms with Gasteiger partial charge in [-0.3, -0.25) is 0 Å². The molecule has 0 saturated carbocycles. The topological polar surface area (TPSA) is 48.1 Å². The maximum atomic E-state index is 13.2. The summed E-state index contributed by atoms with van der Waals surface area (Å²) in [5, 5.41) is 0.0544. The summed E-state index contributed by atoms with van der Waals surface area (Å²) in [6.07, 6.45) is 1.50. The Hall–Kier alpha value is -1.81. The van der Waals surface area contributed by atoms with Crippen LogP contribution in [0.5, 0.6) is 11.6 Å². The van der Waals surface area contributed by atoms with Gasteiger partial charge in [-0.1, -0.05) is 11.6 Å². The molecule has 0 aliphatic heterocycles. The largest absolute Gasteiger partial charge is 0.439 e. The molecule has 1 heterocycles. The Balaban J connectivity index is 2.25. The van der Waals surface area contributed by atoms with Gasteiger partial charge in [0.2, 0.25) is 5.88 Å². The van der Waals surface area contributed by atoms with Gasteiger partial charge in [0.05, 0.1) is 16.9 Å². The summed E-state index contributed by atoms with van der Waals surface area (Å²) in [5.41, 5.74) is 7.06. The molecule has 0 unspecified atom stereocenters. The lowest BCUT2D eigenvalue weighted by Crippen LogP contribution is -1.94. The van der Waals surface area contributed by atoms with E-state index < -0.39 is 5.82 Å². The first-order chi connectivity index (χ1) is 8.06. The lowest BCUT2D eigenvalue weighted by atomic mass is 10.2. The average molecular weight is 253 g/mol. The van der Waals surface area contributed by atoms with Crippen LogP contribution in [-0.4, -0.2) is 4.98 Å². The van der Waals surface area contributed by atoms with Crippen LogP contribution in [0.15, 0.2) is 30.5 Å². The molecule has 0 fully saturated rings. The summed E-state index contributed by atoms with van der Waals surface area (Å²) >= 11 is 5.57. The van der Waals surface area contributed by atoms with Crippen molar-refractivity contribution >= 4 is 17.3 Å². The second-order valence-corrected chi connectivity index (χ2v) is 3.96. The Kier molecular flexibility index (Phi) is 3.15. The minimum atomic E-state index is -0.531. The minimum absolute atomic E-state index is 0.0544.